The lowest BCUT2D eigenvalue weighted by Gasteiger charge is -2.39. The summed E-state index contributed by atoms with van der Waals surface area (Å²) in [6.07, 6.45) is 0. The first-order valence-corrected chi connectivity index (χ1v) is 20.3. The van der Waals surface area contributed by atoms with Gasteiger partial charge in [-0.2, -0.15) is 0 Å². The molecule has 1 spiro atoms. The predicted molar refractivity (Wildman–Crippen MR) is 247 cm³/mol. The number of amidine groups is 1. The summed E-state index contributed by atoms with van der Waals surface area (Å²) < 4.78 is 2.51. The Bertz CT molecular complexity index is 3380. The number of fused-ring (bicyclic) bond motifs is 13. The van der Waals surface area contributed by atoms with E-state index in [1.807, 2.05) is 0 Å². The van der Waals surface area contributed by atoms with Gasteiger partial charge in [0, 0.05) is 16.3 Å². The molecule has 2 aliphatic rings. The Labute approximate surface area is 342 Å². The van der Waals surface area contributed by atoms with Gasteiger partial charge in [0.1, 0.15) is 0 Å². The zero-order valence-electron chi connectivity index (χ0n) is 32.5. The fraction of sp³-hybridized carbons (Fsp3) is 0.0357. The van der Waals surface area contributed by atoms with Crippen molar-refractivity contribution in [2.24, 2.45) is 9.98 Å². The number of aromatic nitrogens is 1. The van der Waals surface area contributed by atoms with Crippen LogP contribution < -0.4 is 0 Å². The van der Waals surface area contributed by atoms with Crippen LogP contribution in [-0.4, -0.2) is 17.1 Å². The molecule has 0 fully saturated rings. The van der Waals surface area contributed by atoms with Gasteiger partial charge < -0.3 is 4.57 Å². The van der Waals surface area contributed by atoms with Crippen LogP contribution in [0, 0.1) is 6.92 Å². The lowest BCUT2D eigenvalue weighted by atomic mass is 9.65. The van der Waals surface area contributed by atoms with Gasteiger partial charge in [0.25, 0.3) is 0 Å². The molecule has 0 radical (unpaired) electrons. The minimum absolute atomic E-state index is 0.512. The Morgan fingerprint density at radius 1 is 0.492 bits per heavy atom. The van der Waals surface area contributed by atoms with Gasteiger partial charge in [-0.05, 0) is 122 Å². The standard InChI is InChI=1S/C56H37N3/c1-35-40(42-25-14-17-36-16-3-4-20-41(36)42)24-15-29-51(35)58-55(57-2)38-19-13-18-37(32-38)39-33-46-45-23-7-11-30-52(45)59-53-31-12-10-28-49(53)56(50(34-39)54(46)59)47-26-8-5-21-43(47)44-22-6-9-27-48(44)56/h3-34H,2H2,1H3/b58-55-. The number of rotatable bonds is 4. The summed E-state index contributed by atoms with van der Waals surface area (Å²) in [5.41, 5.74) is 18.5. The smallest absolute Gasteiger partial charge is 0.159 e. The van der Waals surface area contributed by atoms with E-state index >= 15 is 0 Å². The largest absolute Gasteiger partial charge is 0.309 e. The van der Waals surface area contributed by atoms with E-state index in [0.29, 0.717) is 5.84 Å². The van der Waals surface area contributed by atoms with E-state index in [1.54, 1.807) is 0 Å². The van der Waals surface area contributed by atoms with Gasteiger partial charge in [-0.1, -0.05) is 158 Å². The topological polar surface area (TPSA) is 29.6 Å². The molecule has 1 aromatic heterocycles. The van der Waals surface area contributed by atoms with Gasteiger partial charge in [-0.15, -0.1) is 0 Å². The van der Waals surface area contributed by atoms with Crippen LogP contribution in [-0.2, 0) is 5.41 Å². The van der Waals surface area contributed by atoms with Crippen molar-refractivity contribution in [3.05, 3.63) is 228 Å². The molecule has 2 heterocycles. The highest BCUT2D eigenvalue weighted by molar-refractivity contribution is 6.14. The van der Waals surface area contributed by atoms with Crippen LogP contribution in [0.1, 0.15) is 33.4 Å². The highest BCUT2D eigenvalue weighted by atomic mass is 15.0. The van der Waals surface area contributed by atoms with Crippen molar-refractivity contribution < 1.29 is 0 Å². The highest BCUT2D eigenvalue weighted by Crippen LogP contribution is 2.61. The van der Waals surface area contributed by atoms with Gasteiger partial charge in [-0.25, -0.2) is 9.98 Å². The van der Waals surface area contributed by atoms with Crippen LogP contribution >= 0.6 is 0 Å². The molecule has 0 N–H and O–H groups in total. The lowest BCUT2D eigenvalue weighted by molar-refractivity contribution is 0.749. The summed E-state index contributed by atoms with van der Waals surface area (Å²) in [5.74, 6) is 0.591. The summed E-state index contributed by atoms with van der Waals surface area (Å²) >= 11 is 0. The maximum Gasteiger partial charge on any atom is 0.159 e. The second-order valence-corrected chi connectivity index (χ2v) is 15.8. The monoisotopic (exact) mass is 751 g/mol. The van der Waals surface area contributed by atoms with Crippen molar-refractivity contribution in [1.29, 1.82) is 0 Å². The minimum atomic E-state index is -0.512. The van der Waals surface area contributed by atoms with Gasteiger partial charge in [0.05, 0.1) is 27.8 Å². The number of hydrogen-bond acceptors (Lipinski definition) is 1. The molecule has 1 aliphatic heterocycles. The average molecular weight is 752 g/mol. The lowest BCUT2D eigenvalue weighted by Crippen LogP contribution is -2.33. The molecule has 1 aliphatic carbocycles. The third-order valence-corrected chi connectivity index (χ3v) is 12.9. The Kier molecular flexibility index (Phi) is 7.21. The molecule has 10 aromatic rings. The molecule has 0 unspecified atom stereocenters. The third kappa shape index (κ3) is 4.64. The number of para-hydroxylation sites is 2. The summed E-state index contributed by atoms with van der Waals surface area (Å²) in [6.45, 7) is 6.18. The summed E-state index contributed by atoms with van der Waals surface area (Å²) in [5, 5.41) is 4.93. The predicted octanol–water partition coefficient (Wildman–Crippen LogP) is 14.0. The molecule has 276 valence electrons. The van der Waals surface area contributed by atoms with E-state index in [2.05, 4.69) is 217 Å². The van der Waals surface area contributed by atoms with E-state index < -0.39 is 5.41 Å². The van der Waals surface area contributed by atoms with Gasteiger partial charge >= 0.3 is 0 Å². The van der Waals surface area contributed by atoms with Crippen molar-refractivity contribution in [2.45, 2.75) is 12.3 Å². The molecule has 3 heteroatoms. The van der Waals surface area contributed by atoms with Crippen molar-refractivity contribution in [3.63, 3.8) is 0 Å². The first-order chi connectivity index (χ1) is 29.1. The van der Waals surface area contributed by atoms with E-state index in [0.717, 1.165) is 33.5 Å². The van der Waals surface area contributed by atoms with Gasteiger partial charge in [0.15, 0.2) is 5.84 Å². The van der Waals surface area contributed by atoms with E-state index in [1.165, 1.54) is 77.2 Å². The van der Waals surface area contributed by atoms with Crippen molar-refractivity contribution in [3.8, 4) is 39.1 Å². The van der Waals surface area contributed by atoms with Crippen LogP contribution in [0.3, 0.4) is 0 Å². The van der Waals surface area contributed by atoms with Crippen LogP contribution in [0.5, 0.6) is 0 Å². The van der Waals surface area contributed by atoms with Crippen LogP contribution in [0.15, 0.2) is 204 Å². The molecule has 0 saturated heterocycles. The number of aliphatic imine (C=N–C) groups is 2. The zero-order chi connectivity index (χ0) is 39.2. The zero-order valence-corrected chi connectivity index (χ0v) is 32.5. The maximum atomic E-state index is 5.20. The van der Waals surface area contributed by atoms with E-state index in [9.17, 15) is 0 Å². The number of hydrogen-bond donors (Lipinski definition) is 0. The maximum absolute atomic E-state index is 5.20. The van der Waals surface area contributed by atoms with Crippen molar-refractivity contribution in [2.75, 3.05) is 0 Å². The normalized spacial score (nSPS) is 13.5. The summed E-state index contributed by atoms with van der Waals surface area (Å²) in [7, 11) is 0. The van der Waals surface area contributed by atoms with Crippen molar-refractivity contribution >= 4 is 50.8 Å². The molecule has 9 aromatic carbocycles. The van der Waals surface area contributed by atoms with Gasteiger partial charge in [0.2, 0.25) is 0 Å². The fourth-order valence-electron chi connectivity index (χ4n) is 10.4. The third-order valence-electron chi connectivity index (χ3n) is 12.9. The molecule has 12 rings (SSSR count). The van der Waals surface area contributed by atoms with E-state index in [4.69, 9.17) is 4.99 Å². The molecule has 59 heavy (non-hydrogen) atoms. The number of nitrogens with zero attached hydrogens (tertiary/aromatic N) is 3. The molecular weight excluding hydrogens is 715 g/mol. The number of benzene rings is 9. The van der Waals surface area contributed by atoms with Crippen LogP contribution in [0.4, 0.5) is 5.69 Å². The fourth-order valence-corrected chi connectivity index (χ4v) is 10.4. The Balaban J connectivity index is 1.08. The first-order valence-electron chi connectivity index (χ1n) is 20.3. The molecule has 3 nitrogen and oxygen atoms in total. The molecule has 0 bridgehead atoms. The Morgan fingerprint density at radius 2 is 1.12 bits per heavy atom. The SMILES string of the molecule is C=N/C(=N\c1cccc(-c2cccc3ccccc23)c1C)c1cccc(-c2cc3c4c(c2)c2ccccc2n4-c2ccccc2C32c3ccccc3-c3ccccc32)c1. The van der Waals surface area contributed by atoms with E-state index in [-0.39, 0.29) is 0 Å². The molecular formula is C56H37N3. The van der Waals surface area contributed by atoms with Crippen LogP contribution in [0.25, 0.3) is 71.6 Å². The van der Waals surface area contributed by atoms with Crippen LogP contribution in [0.2, 0.25) is 0 Å². The quantitative estimate of drug-likeness (QED) is 0.127. The van der Waals surface area contributed by atoms with Crippen molar-refractivity contribution in [1.82, 2.24) is 4.57 Å². The summed E-state index contributed by atoms with van der Waals surface area (Å²) in [6, 6.07) is 70.8. The average Bonchev–Trinajstić information content (AvgIpc) is 3.79. The Hall–Kier alpha value is -7.62. The minimum Gasteiger partial charge on any atom is -0.309 e. The molecule has 0 amide bonds. The van der Waals surface area contributed by atoms with Gasteiger partial charge in [-0.3, -0.25) is 0 Å². The first kappa shape index (κ1) is 33.5. The second-order valence-electron chi connectivity index (χ2n) is 15.8. The second kappa shape index (κ2) is 12.7. The molecule has 0 saturated carbocycles. The Morgan fingerprint density at radius 3 is 1.93 bits per heavy atom. The molecule has 0 atom stereocenters. The highest BCUT2D eigenvalue weighted by Gasteiger charge is 2.50. The summed E-state index contributed by atoms with van der Waals surface area (Å²) in [4.78, 5) is 9.75.